The molecule has 0 amide bonds. The first kappa shape index (κ1) is 13.0. The van der Waals surface area contributed by atoms with E-state index in [0.29, 0.717) is 18.9 Å². The van der Waals surface area contributed by atoms with Gasteiger partial charge in [-0.2, -0.15) is 5.10 Å². The smallest absolute Gasteiger partial charge is 0.0650 e. The maximum Gasteiger partial charge on any atom is 0.0650 e. The molecule has 0 aliphatic carbocycles. The van der Waals surface area contributed by atoms with Crippen LogP contribution in [0.15, 0.2) is 24.9 Å². The van der Waals surface area contributed by atoms with Gasteiger partial charge >= 0.3 is 0 Å². The minimum atomic E-state index is -0.359. The van der Waals surface area contributed by atoms with E-state index in [1.165, 1.54) is 0 Å². The molecular formula is C13H22N2O. The van der Waals surface area contributed by atoms with Crippen LogP contribution in [-0.2, 0) is 6.42 Å². The zero-order chi connectivity index (χ0) is 12.0. The number of aliphatic hydroxyl groups excluding tert-OH is 1. The highest BCUT2D eigenvalue weighted by Crippen LogP contribution is 2.15. The molecule has 16 heavy (non-hydrogen) atoms. The lowest BCUT2D eigenvalue weighted by molar-refractivity contribution is 0.177. The number of hydrogen-bond acceptors (Lipinski definition) is 2. The zero-order valence-electron chi connectivity index (χ0n) is 10.3. The molecule has 0 aliphatic heterocycles. The van der Waals surface area contributed by atoms with Gasteiger partial charge < -0.3 is 5.11 Å². The van der Waals surface area contributed by atoms with Crippen LogP contribution in [0.2, 0.25) is 0 Å². The third-order valence-corrected chi connectivity index (χ3v) is 2.86. The van der Waals surface area contributed by atoms with Gasteiger partial charge in [-0.1, -0.05) is 19.9 Å². The quantitative estimate of drug-likeness (QED) is 0.720. The van der Waals surface area contributed by atoms with Gasteiger partial charge in [0.15, 0.2) is 0 Å². The highest BCUT2D eigenvalue weighted by atomic mass is 16.3. The third-order valence-electron chi connectivity index (χ3n) is 2.86. The minimum Gasteiger partial charge on any atom is -0.392 e. The molecule has 0 fully saturated rings. The molecular weight excluding hydrogens is 200 g/mol. The number of aliphatic hydroxyl groups is 1. The molecule has 0 bridgehead atoms. The molecule has 0 saturated carbocycles. The van der Waals surface area contributed by atoms with E-state index in [-0.39, 0.29) is 6.10 Å². The molecule has 1 N–H and O–H groups in total. The topological polar surface area (TPSA) is 38.0 Å². The molecule has 0 aliphatic rings. The van der Waals surface area contributed by atoms with Crippen molar-refractivity contribution >= 4 is 0 Å². The third kappa shape index (κ3) is 3.49. The van der Waals surface area contributed by atoms with E-state index >= 15 is 0 Å². The van der Waals surface area contributed by atoms with Gasteiger partial charge in [-0.05, 0) is 25.3 Å². The Hall–Kier alpha value is -1.09. The Bertz CT molecular complexity index is 315. The second-order valence-electron chi connectivity index (χ2n) is 4.14. The van der Waals surface area contributed by atoms with Crippen LogP contribution < -0.4 is 0 Å². The average molecular weight is 222 g/mol. The Labute approximate surface area is 97.8 Å². The molecule has 1 aromatic rings. The summed E-state index contributed by atoms with van der Waals surface area (Å²) in [5.74, 6) is 0. The summed E-state index contributed by atoms with van der Waals surface area (Å²) >= 11 is 0. The van der Waals surface area contributed by atoms with E-state index in [4.69, 9.17) is 0 Å². The first-order chi connectivity index (χ1) is 7.71. The van der Waals surface area contributed by atoms with Gasteiger partial charge in [-0.15, -0.1) is 6.58 Å². The predicted octanol–water partition coefficient (Wildman–Crippen LogP) is 2.72. The summed E-state index contributed by atoms with van der Waals surface area (Å²) in [6.45, 7) is 7.95. The van der Waals surface area contributed by atoms with E-state index in [0.717, 1.165) is 18.5 Å². The molecule has 0 aromatic carbocycles. The highest BCUT2D eigenvalue weighted by Gasteiger charge is 2.10. The largest absolute Gasteiger partial charge is 0.392 e. The van der Waals surface area contributed by atoms with Gasteiger partial charge in [0.2, 0.25) is 0 Å². The van der Waals surface area contributed by atoms with Gasteiger partial charge in [0.1, 0.15) is 0 Å². The number of hydrogen-bond donors (Lipinski definition) is 1. The molecule has 90 valence electrons. The minimum absolute atomic E-state index is 0.359. The molecule has 3 heteroatoms. The number of nitrogens with zero attached hydrogens (tertiary/aromatic N) is 2. The molecule has 1 aromatic heterocycles. The summed E-state index contributed by atoms with van der Waals surface area (Å²) in [5, 5.41) is 14.1. The molecule has 1 unspecified atom stereocenters. The van der Waals surface area contributed by atoms with Crippen molar-refractivity contribution in [1.29, 1.82) is 0 Å². The van der Waals surface area contributed by atoms with Crippen molar-refractivity contribution in [3.63, 3.8) is 0 Å². The lowest BCUT2D eigenvalue weighted by atomic mass is 10.1. The molecule has 3 nitrogen and oxygen atoms in total. The van der Waals surface area contributed by atoms with Gasteiger partial charge in [-0.3, -0.25) is 4.68 Å². The maximum absolute atomic E-state index is 9.64. The summed E-state index contributed by atoms with van der Waals surface area (Å²) in [6.07, 6.45) is 6.80. The van der Waals surface area contributed by atoms with Crippen molar-refractivity contribution in [2.24, 2.45) is 0 Å². The van der Waals surface area contributed by atoms with Crippen molar-refractivity contribution in [1.82, 2.24) is 9.78 Å². The normalized spacial score (nSPS) is 13.0. The fourth-order valence-corrected chi connectivity index (χ4v) is 1.87. The first-order valence-corrected chi connectivity index (χ1v) is 6.04. The first-order valence-electron chi connectivity index (χ1n) is 6.04. The Kier molecular flexibility index (Phi) is 5.26. The fraction of sp³-hybridized carbons (Fsp3) is 0.615. The van der Waals surface area contributed by atoms with Gasteiger partial charge in [-0.25, -0.2) is 0 Å². The summed E-state index contributed by atoms with van der Waals surface area (Å²) in [4.78, 5) is 0. The summed E-state index contributed by atoms with van der Waals surface area (Å²) in [5.41, 5.74) is 0.959. The van der Waals surface area contributed by atoms with E-state index in [2.05, 4.69) is 25.5 Å². The average Bonchev–Trinajstić information content (AvgIpc) is 2.68. The van der Waals surface area contributed by atoms with Crippen LogP contribution in [0.4, 0.5) is 0 Å². The van der Waals surface area contributed by atoms with Crippen LogP contribution in [0, 0.1) is 0 Å². The van der Waals surface area contributed by atoms with Crippen molar-refractivity contribution < 1.29 is 5.11 Å². The van der Waals surface area contributed by atoms with Crippen molar-refractivity contribution in [2.75, 3.05) is 0 Å². The standard InChI is InChI=1S/C13H22N2O/c1-4-7-13(16)10-11-8-9-15(14-11)12(5-2)6-3/h4,8-9,12-13,16H,1,5-7,10H2,2-3H3. The predicted molar refractivity (Wildman–Crippen MR) is 66.4 cm³/mol. The van der Waals surface area contributed by atoms with Gasteiger partial charge in [0, 0.05) is 12.6 Å². The van der Waals surface area contributed by atoms with Gasteiger partial charge in [0.05, 0.1) is 17.8 Å². The van der Waals surface area contributed by atoms with Crippen molar-refractivity contribution in [2.45, 2.75) is 51.7 Å². The van der Waals surface area contributed by atoms with Crippen LogP contribution >= 0.6 is 0 Å². The number of aromatic nitrogens is 2. The monoisotopic (exact) mass is 222 g/mol. The van der Waals surface area contributed by atoms with Crippen molar-refractivity contribution in [3.05, 3.63) is 30.6 Å². The lowest BCUT2D eigenvalue weighted by Crippen LogP contribution is -2.11. The van der Waals surface area contributed by atoms with Crippen LogP contribution in [0.5, 0.6) is 0 Å². The summed E-state index contributed by atoms with van der Waals surface area (Å²) in [6, 6.07) is 2.47. The van der Waals surface area contributed by atoms with Crippen LogP contribution in [0.1, 0.15) is 44.8 Å². The Balaban J connectivity index is 2.60. The molecule has 1 heterocycles. The molecule has 1 atom stereocenters. The second-order valence-corrected chi connectivity index (χ2v) is 4.14. The Morgan fingerprint density at radius 1 is 1.50 bits per heavy atom. The van der Waals surface area contributed by atoms with E-state index in [1.807, 2.05) is 16.9 Å². The maximum atomic E-state index is 9.64. The van der Waals surface area contributed by atoms with E-state index in [1.54, 1.807) is 6.08 Å². The summed E-state index contributed by atoms with van der Waals surface area (Å²) < 4.78 is 2.01. The second kappa shape index (κ2) is 6.48. The molecule has 0 spiro atoms. The van der Waals surface area contributed by atoms with E-state index in [9.17, 15) is 5.11 Å². The Morgan fingerprint density at radius 2 is 2.19 bits per heavy atom. The van der Waals surface area contributed by atoms with Gasteiger partial charge in [0.25, 0.3) is 0 Å². The molecule has 1 rings (SSSR count). The SMILES string of the molecule is C=CCC(O)Cc1ccn(C(CC)CC)n1. The van der Waals surface area contributed by atoms with Crippen LogP contribution in [0.3, 0.4) is 0 Å². The highest BCUT2D eigenvalue weighted by molar-refractivity contribution is 5.02. The zero-order valence-corrected chi connectivity index (χ0v) is 10.3. The number of rotatable bonds is 7. The lowest BCUT2D eigenvalue weighted by Gasteiger charge is -2.12. The van der Waals surface area contributed by atoms with E-state index < -0.39 is 0 Å². The fourth-order valence-electron chi connectivity index (χ4n) is 1.87. The van der Waals surface area contributed by atoms with Crippen molar-refractivity contribution in [3.8, 4) is 0 Å². The van der Waals surface area contributed by atoms with Crippen LogP contribution in [-0.4, -0.2) is 21.0 Å². The van der Waals surface area contributed by atoms with Crippen LogP contribution in [0.25, 0.3) is 0 Å². The Morgan fingerprint density at radius 3 is 2.75 bits per heavy atom. The summed E-state index contributed by atoms with van der Waals surface area (Å²) in [7, 11) is 0. The molecule has 0 saturated heterocycles. The molecule has 0 radical (unpaired) electrons.